The van der Waals surface area contributed by atoms with Crippen LogP contribution in [0.2, 0.25) is 0 Å². The molecule has 3 nitrogen and oxygen atoms in total. The smallest absolute Gasteiger partial charge is 0.227 e. The average Bonchev–Trinajstić information content (AvgIpc) is 2.36. The van der Waals surface area contributed by atoms with Gasteiger partial charge in [0, 0.05) is 12.6 Å². The Balaban J connectivity index is 2.01. The summed E-state index contributed by atoms with van der Waals surface area (Å²) < 4.78 is 0. The van der Waals surface area contributed by atoms with Gasteiger partial charge in [0.05, 0.1) is 6.42 Å². The SMILES string of the molecule is Cc1ccc(CC(=O)N(CCCN)C2CCC2)cc1C. The van der Waals surface area contributed by atoms with Gasteiger partial charge in [-0.25, -0.2) is 0 Å². The number of carbonyl (C=O) groups excluding carboxylic acids is 1. The minimum atomic E-state index is 0.256. The van der Waals surface area contributed by atoms with E-state index in [1.165, 1.54) is 17.5 Å². The lowest BCUT2D eigenvalue weighted by Crippen LogP contribution is -2.45. The lowest BCUT2D eigenvalue weighted by atomic mass is 9.90. The van der Waals surface area contributed by atoms with Crippen LogP contribution in [0, 0.1) is 13.8 Å². The Morgan fingerprint density at radius 3 is 2.60 bits per heavy atom. The van der Waals surface area contributed by atoms with Crippen molar-refractivity contribution in [3.8, 4) is 0 Å². The van der Waals surface area contributed by atoms with Crippen LogP contribution in [-0.4, -0.2) is 29.9 Å². The normalized spacial score (nSPS) is 14.9. The lowest BCUT2D eigenvalue weighted by molar-refractivity contribution is -0.134. The summed E-state index contributed by atoms with van der Waals surface area (Å²) in [5.74, 6) is 0.256. The Labute approximate surface area is 122 Å². The van der Waals surface area contributed by atoms with Gasteiger partial charge in [0.1, 0.15) is 0 Å². The van der Waals surface area contributed by atoms with E-state index in [0.29, 0.717) is 19.0 Å². The number of hydrogen-bond acceptors (Lipinski definition) is 2. The van der Waals surface area contributed by atoms with Crippen LogP contribution in [0.4, 0.5) is 0 Å². The zero-order valence-corrected chi connectivity index (χ0v) is 12.7. The van der Waals surface area contributed by atoms with Gasteiger partial charge >= 0.3 is 0 Å². The third-order valence-corrected chi connectivity index (χ3v) is 4.37. The van der Waals surface area contributed by atoms with E-state index >= 15 is 0 Å². The summed E-state index contributed by atoms with van der Waals surface area (Å²) in [6, 6.07) is 6.77. The lowest BCUT2D eigenvalue weighted by Gasteiger charge is -2.37. The minimum absolute atomic E-state index is 0.256. The molecule has 2 rings (SSSR count). The second-order valence-electron chi connectivity index (χ2n) is 5.91. The second-order valence-corrected chi connectivity index (χ2v) is 5.91. The fourth-order valence-corrected chi connectivity index (χ4v) is 2.66. The molecule has 110 valence electrons. The van der Waals surface area contributed by atoms with E-state index in [0.717, 1.165) is 31.4 Å². The van der Waals surface area contributed by atoms with E-state index in [4.69, 9.17) is 5.73 Å². The summed E-state index contributed by atoms with van der Waals surface area (Å²) in [7, 11) is 0. The molecule has 1 aromatic rings. The largest absolute Gasteiger partial charge is 0.339 e. The molecule has 1 aromatic carbocycles. The monoisotopic (exact) mass is 274 g/mol. The number of carbonyl (C=O) groups is 1. The molecule has 1 aliphatic rings. The molecule has 2 N–H and O–H groups in total. The summed E-state index contributed by atoms with van der Waals surface area (Å²) >= 11 is 0. The Kier molecular flexibility index (Phi) is 5.18. The van der Waals surface area contributed by atoms with Crippen molar-refractivity contribution in [1.29, 1.82) is 0 Å². The van der Waals surface area contributed by atoms with E-state index in [-0.39, 0.29) is 5.91 Å². The van der Waals surface area contributed by atoms with Crippen molar-refractivity contribution in [3.05, 3.63) is 34.9 Å². The van der Waals surface area contributed by atoms with Gasteiger partial charge in [-0.05, 0) is 62.8 Å². The Hall–Kier alpha value is -1.35. The molecule has 0 aliphatic heterocycles. The summed E-state index contributed by atoms with van der Waals surface area (Å²) in [6.45, 7) is 5.66. The van der Waals surface area contributed by atoms with Gasteiger partial charge in [0.25, 0.3) is 0 Å². The second kappa shape index (κ2) is 6.89. The Morgan fingerprint density at radius 1 is 1.30 bits per heavy atom. The molecule has 0 saturated heterocycles. The molecule has 0 aromatic heterocycles. The van der Waals surface area contributed by atoms with Gasteiger partial charge in [0.15, 0.2) is 0 Å². The summed E-state index contributed by atoms with van der Waals surface area (Å²) in [4.78, 5) is 14.6. The molecule has 3 heteroatoms. The van der Waals surface area contributed by atoms with E-state index in [2.05, 4.69) is 36.9 Å². The number of hydrogen-bond donors (Lipinski definition) is 1. The van der Waals surface area contributed by atoms with Crippen LogP contribution < -0.4 is 5.73 Å². The van der Waals surface area contributed by atoms with E-state index in [9.17, 15) is 4.79 Å². The third-order valence-electron chi connectivity index (χ3n) is 4.37. The van der Waals surface area contributed by atoms with Gasteiger partial charge in [-0.3, -0.25) is 4.79 Å². The van der Waals surface area contributed by atoms with Crippen LogP contribution in [0.1, 0.15) is 42.4 Å². The van der Waals surface area contributed by atoms with Gasteiger partial charge in [0.2, 0.25) is 5.91 Å². The number of aryl methyl sites for hydroxylation is 2. The zero-order valence-electron chi connectivity index (χ0n) is 12.7. The molecule has 0 bridgehead atoms. The maximum atomic E-state index is 12.5. The Morgan fingerprint density at radius 2 is 2.05 bits per heavy atom. The van der Waals surface area contributed by atoms with Crippen molar-refractivity contribution in [3.63, 3.8) is 0 Å². The number of rotatable bonds is 6. The van der Waals surface area contributed by atoms with Crippen LogP contribution in [0.15, 0.2) is 18.2 Å². The number of amides is 1. The fourth-order valence-electron chi connectivity index (χ4n) is 2.66. The van der Waals surface area contributed by atoms with Gasteiger partial charge < -0.3 is 10.6 Å². The predicted octanol–water partition coefficient (Wildman–Crippen LogP) is 2.58. The fraction of sp³-hybridized carbons (Fsp3) is 0.588. The Bertz CT molecular complexity index is 466. The first-order chi connectivity index (χ1) is 9.61. The predicted molar refractivity (Wildman–Crippen MR) is 82.6 cm³/mol. The molecule has 1 amide bonds. The quantitative estimate of drug-likeness (QED) is 0.866. The standard InChI is InChI=1S/C17H26N2O/c1-13-7-8-15(11-14(13)2)12-17(20)19(10-4-9-18)16-5-3-6-16/h7-8,11,16H,3-6,9-10,12,18H2,1-2H3. The van der Waals surface area contributed by atoms with Crippen molar-refractivity contribution in [2.24, 2.45) is 5.73 Å². The number of benzene rings is 1. The molecule has 0 unspecified atom stereocenters. The topological polar surface area (TPSA) is 46.3 Å². The van der Waals surface area contributed by atoms with Crippen LogP contribution in [0.3, 0.4) is 0 Å². The highest BCUT2D eigenvalue weighted by Gasteiger charge is 2.28. The first-order valence-corrected chi connectivity index (χ1v) is 7.67. The molecule has 0 radical (unpaired) electrons. The highest BCUT2D eigenvalue weighted by Crippen LogP contribution is 2.25. The molecule has 1 fully saturated rings. The average molecular weight is 274 g/mol. The summed E-state index contributed by atoms with van der Waals surface area (Å²) in [5, 5.41) is 0. The number of nitrogens with two attached hydrogens (primary N) is 1. The van der Waals surface area contributed by atoms with E-state index in [1.54, 1.807) is 0 Å². The van der Waals surface area contributed by atoms with Crippen LogP contribution in [-0.2, 0) is 11.2 Å². The molecular weight excluding hydrogens is 248 g/mol. The van der Waals surface area contributed by atoms with Gasteiger partial charge in [-0.15, -0.1) is 0 Å². The van der Waals surface area contributed by atoms with Crippen LogP contribution in [0.25, 0.3) is 0 Å². The van der Waals surface area contributed by atoms with Crippen molar-refractivity contribution in [2.45, 2.75) is 52.0 Å². The van der Waals surface area contributed by atoms with Crippen molar-refractivity contribution >= 4 is 5.91 Å². The van der Waals surface area contributed by atoms with E-state index in [1.807, 2.05) is 0 Å². The molecule has 1 saturated carbocycles. The molecule has 1 aliphatic carbocycles. The van der Waals surface area contributed by atoms with Crippen LogP contribution >= 0.6 is 0 Å². The first-order valence-electron chi connectivity index (χ1n) is 7.67. The maximum Gasteiger partial charge on any atom is 0.227 e. The summed E-state index contributed by atoms with van der Waals surface area (Å²) in [6.07, 6.45) is 4.98. The summed E-state index contributed by atoms with van der Waals surface area (Å²) in [5.41, 5.74) is 9.24. The molecule has 20 heavy (non-hydrogen) atoms. The van der Waals surface area contributed by atoms with Crippen LogP contribution in [0.5, 0.6) is 0 Å². The van der Waals surface area contributed by atoms with Crippen molar-refractivity contribution in [2.75, 3.05) is 13.1 Å². The highest BCUT2D eigenvalue weighted by atomic mass is 16.2. The molecular formula is C17H26N2O. The number of nitrogens with zero attached hydrogens (tertiary/aromatic N) is 1. The zero-order chi connectivity index (χ0) is 14.5. The minimum Gasteiger partial charge on any atom is -0.339 e. The third kappa shape index (κ3) is 3.60. The highest BCUT2D eigenvalue weighted by molar-refractivity contribution is 5.79. The van der Waals surface area contributed by atoms with Gasteiger partial charge in [-0.1, -0.05) is 18.2 Å². The molecule has 0 heterocycles. The first kappa shape index (κ1) is 15.0. The van der Waals surface area contributed by atoms with Crippen molar-refractivity contribution in [1.82, 2.24) is 4.90 Å². The van der Waals surface area contributed by atoms with Crippen molar-refractivity contribution < 1.29 is 4.79 Å². The van der Waals surface area contributed by atoms with Gasteiger partial charge in [-0.2, -0.15) is 0 Å². The molecule has 0 atom stereocenters. The maximum absolute atomic E-state index is 12.5. The van der Waals surface area contributed by atoms with E-state index < -0.39 is 0 Å². The molecule has 0 spiro atoms.